The Bertz CT molecular complexity index is 314. The van der Waals surface area contributed by atoms with Crippen LogP contribution in [0.3, 0.4) is 0 Å². The zero-order chi connectivity index (χ0) is 9.73. The maximum Gasteiger partial charge on any atom is 0.457 e. The van der Waals surface area contributed by atoms with Crippen LogP contribution in [0.15, 0.2) is 30.3 Å². The number of halogens is 3. The highest BCUT2D eigenvalue weighted by atomic mass is 19.4. The molecule has 68 valence electrons. The first-order valence-electron chi connectivity index (χ1n) is 3.68. The fourth-order valence-corrected chi connectivity index (χ4v) is 0.842. The molecular formula is C10H7F3. The van der Waals surface area contributed by atoms with Crippen LogP contribution >= 0.6 is 0 Å². The highest BCUT2D eigenvalue weighted by Gasteiger charge is 2.22. The molecule has 0 N–H and O–H groups in total. The summed E-state index contributed by atoms with van der Waals surface area (Å²) in [5.74, 6) is 3.29. The number of rotatable bonds is 1. The van der Waals surface area contributed by atoms with E-state index in [4.69, 9.17) is 0 Å². The first-order valence-corrected chi connectivity index (χ1v) is 3.68. The normalized spacial score (nSPS) is 10.4. The summed E-state index contributed by atoms with van der Waals surface area (Å²) < 4.78 is 34.8. The van der Waals surface area contributed by atoms with Crippen LogP contribution in [0.5, 0.6) is 0 Å². The number of hydrogen-bond donors (Lipinski definition) is 0. The van der Waals surface area contributed by atoms with E-state index >= 15 is 0 Å². The molecule has 0 aliphatic heterocycles. The second kappa shape index (κ2) is 3.99. The summed E-state index contributed by atoms with van der Waals surface area (Å²) in [5.41, 5.74) is 0.791. The van der Waals surface area contributed by atoms with Gasteiger partial charge in [-0.2, -0.15) is 13.2 Å². The van der Waals surface area contributed by atoms with Crippen LogP contribution in [0.1, 0.15) is 5.56 Å². The van der Waals surface area contributed by atoms with Gasteiger partial charge in [-0.25, -0.2) is 0 Å². The topological polar surface area (TPSA) is 0 Å². The van der Waals surface area contributed by atoms with Gasteiger partial charge in [0.25, 0.3) is 0 Å². The smallest absolute Gasteiger partial charge is 0.159 e. The van der Waals surface area contributed by atoms with Gasteiger partial charge < -0.3 is 0 Å². The van der Waals surface area contributed by atoms with Gasteiger partial charge in [-0.05, 0) is 5.56 Å². The van der Waals surface area contributed by atoms with Crippen LogP contribution in [0.25, 0.3) is 0 Å². The molecule has 0 unspecified atom stereocenters. The molecule has 0 bridgehead atoms. The lowest BCUT2D eigenvalue weighted by molar-refractivity contribution is -0.0697. The number of alkyl halides is 3. The zero-order valence-electron chi connectivity index (χ0n) is 6.73. The predicted octanol–water partition coefficient (Wildman–Crippen LogP) is 2.79. The molecular weight excluding hydrogens is 177 g/mol. The summed E-state index contributed by atoms with van der Waals surface area (Å²) in [7, 11) is 0. The highest BCUT2D eigenvalue weighted by Crippen LogP contribution is 2.12. The number of benzene rings is 1. The Morgan fingerprint density at radius 2 is 1.69 bits per heavy atom. The molecule has 1 aromatic rings. The molecule has 0 atom stereocenters. The zero-order valence-corrected chi connectivity index (χ0v) is 6.73. The molecule has 0 aliphatic rings. The van der Waals surface area contributed by atoms with E-state index in [2.05, 4.69) is 5.92 Å². The Hall–Kier alpha value is -1.43. The molecule has 1 aromatic carbocycles. The Balaban J connectivity index is 2.56. The van der Waals surface area contributed by atoms with Crippen LogP contribution in [-0.2, 0) is 6.42 Å². The summed E-state index contributed by atoms with van der Waals surface area (Å²) in [6, 6.07) is 8.83. The molecule has 1 rings (SSSR count). The van der Waals surface area contributed by atoms with Crippen molar-refractivity contribution in [2.75, 3.05) is 0 Å². The summed E-state index contributed by atoms with van der Waals surface area (Å²) in [6.07, 6.45) is -4.24. The van der Waals surface area contributed by atoms with Gasteiger partial charge in [0, 0.05) is 12.3 Å². The maximum atomic E-state index is 11.6. The Labute approximate surface area is 74.4 Å². The summed E-state index contributed by atoms with van der Waals surface area (Å²) in [5, 5.41) is 0. The van der Waals surface area contributed by atoms with Gasteiger partial charge in [-0.3, -0.25) is 0 Å². The standard InChI is InChI=1S/C10H7F3/c11-10(12,13)8-4-7-9-5-2-1-3-6-9/h1-3,5-6H,7H2. The van der Waals surface area contributed by atoms with E-state index < -0.39 is 6.18 Å². The molecule has 0 radical (unpaired) electrons. The molecule has 0 nitrogen and oxygen atoms in total. The fraction of sp³-hybridized carbons (Fsp3) is 0.200. The highest BCUT2D eigenvalue weighted by molar-refractivity contribution is 5.21. The van der Waals surface area contributed by atoms with Crippen LogP contribution in [0.2, 0.25) is 0 Å². The van der Waals surface area contributed by atoms with Gasteiger partial charge in [0.15, 0.2) is 0 Å². The molecule has 0 heterocycles. The molecule has 0 aromatic heterocycles. The van der Waals surface area contributed by atoms with E-state index in [1.165, 1.54) is 5.92 Å². The largest absolute Gasteiger partial charge is 0.457 e. The van der Waals surface area contributed by atoms with E-state index in [1.54, 1.807) is 30.3 Å². The van der Waals surface area contributed by atoms with Gasteiger partial charge in [0.2, 0.25) is 0 Å². The molecule has 0 amide bonds. The van der Waals surface area contributed by atoms with E-state index in [-0.39, 0.29) is 6.42 Å². The Kier molecular flexibility index (Phi) is 2.97. The van der Waals surface area contributed by atoms with Crippen LogP contribution < -0.4 is 0 Å². The van der Waals surface area contributed by atoms with Crippen molar-refractivity contribution in [1.82, 2.24) is 0 Å². The minimum absolute atomic E-state index is 0.139. The second-order valence-corrected chi connectivity index (χ2v) is 2.46. The Morgan fingerprint density at radius 1 is 1.08 bits per heavy atom. The molecule has 13 heavy (non-hydrogen) atoms. The average molecular weight is 184 g/mol. The number of hydrogen-bond acceptors (Lipinski definition) is 0. The van der Waals surface area contributed by atoms with Gasteiger partial charge >= 0.3 is 6.18 Å². The first kappa shape index (κ1) is 9.66. The lowest BCUT2D eigenvalue weighted by Crippen LogP contribution is -2.01. The minimum atomic E-state index is -4.38. The SMILES string of the molecule is FC(F)(F)C#CCc1ccccc1. The quantitative estimate of drug-likeness (QED) is 0.589. The summed E-state index contributed by atoms with van der Waals surface area (Å²) >= 11 is 0. The lowest BCUT2D eigenvalue weighted by Gasteiger charge is -1.93. The third-order valence-electron chi connectivity index (χ3n) is 1.37. The van der Waals surface area contributed by atoms with Crippen LogP contribution in [0.4, 0.5) is 13.2 Å². The summed E-state index contributed by atoms with van der Waals surface area (Å²) in [6.45, 7) is 0. The van der Waals surface area contributed by atoms with Crippen molar-refractivity contribution in [3.8, 4) is 11.8 Å². The van der Waals surface area contributed by atoms with Gasteiger partial charge in [0.1, 0.15) is 0 Å². The van der Waals surface area contributed by atoms with Crippen molar-refractivity contribution in [2.24, 2.45) is 0 Å². The van der Waals surface area contributed by atoms with Crippen molar-refractivity contribution >= 4 is 0 Å². The first-order chi connectivity index (χ1) is 6.08. The van der Waals surface area contributed by atoms with Gasteiger partial charge in [-0.1, -0.05) is 36.3 Å². The molecule has 3 heteroatoms. The molecule has 0 saturated carbocycles. The van der Waals surface area contributed by atoms with E-state index in [0.717, 1.165) is 5.56 Å². The lowest BCUT2D eigenvalue weighted by atomic mass is 10.2. The molecule has 0 spiro atoms. The fourth-order valence-electron chi connectivity index (χ4n) is 0.842. The van der Waals surface area contributed by atoms with E-state index in [0.29, 0.717) is 0 Å². The molecule has 0 aliphatic carbocycles. The maximum absolute atomic E-state index is 11.6. The van der Waals surface area contributed by atoms with Crippen molar-refractivity contribution in [3.05, 3.63) is 35.9 Å². The van der Waals surface area contributed by atoms with E-state index in [1.807, 2.05) is 0 Å². The third kappa shape index (κ3) is 4.22. The Morgan fingerprint density at radius 3 is 2.23 bits per heavy atom. The minimum Gasteiger partial charge on any atom is -0.159 e. The molecule has 0 saturated heterocycles. The van der Waals surface area contributed by atoms with Crippen LogP contribution in [0, 0.1) is 11.8 Å². The van der Waals surface area contributed by atoms with Crippen molar-refractivity contribution < 1.29 is 13.2 Å². The van der Waals surface area contributed by atoms with E-state index in [9.17, 15) is 13.2 Å². The monoisotopic (exact) mass is 184 g/mol. The average Bonchev–Trinajstić information content (AvgIpc) is 2.04. The second-order valence-electron chi connectivity index (χ2n) is 2.46. The molecule has 0 fully saturated rings. The van der Waals surface area contributed by atoms with Crippen molar-refractivity contribution in [1.29, 1.82) is 0 Å². The van der Waals surface area contributed by atoms with Gasteiger partial charge in [0.05, 0.1) is 0 Å². The predicted molar refractivity (Wildman–Crippen MR) is 44.0 cm³/mol. The van der Waals surface area contributed by atoms with Crippen molar-refractivity contribution in [2.45, 2.75) is 12.6 Å². The third-order valence-corrected chi connectivity index (χ3v) is 1.37. The summed E-state index contributed by atoms with van der Waals surface area (Å²) in [4.78, 5) is 0. The van der Waals surface area contributed by atoms with Crippen molar-refractivity contribution in [3.63, 3.8) is 0 Å². The van der Waals surface area contributed by atoms with Gasteiger partial charge in [-0.15, -0.1) is 0 Å². The van der Waals surface area contributed by atoms with Crippen LogP contribution in [-0.4, -0.2) is 6.18 Å².